The van der Waals surface area contributed by atoms with Crippen LogP contribution in [-0.4, -0.2) is 21.9 Å². The lowest BCUT2D eigenvalue weighted by Crippen LogP contribution is -2.54. The summed E-state index contributed by atoms with van der Waals surface area (Å²) in [5.74, 6) is 1.03. The normalized spacial score (nSPS) is 12.4. The van der Waals surface area contributed by atoms with Crippen LogP contribution in [0, 0.1) is 5.92 Å². The first-order valence-electron chi connectivity index (χ1n) is 7.28. The lowest BCUT2D eigenvalue weighted by Gasteiger charge is -2.06. The van der Waals surface area contributed by atoms with E-state index in [4.69, 9.17) is 16.0 Å². The number of nitrogens with zero attached hydrogens (tertiary/aromatic N) is 2. The zero-order chi connectivity index (χ0) is 16.8. The van der Waals surface area contributed by atoms with Gasteiger partial charge in [0.15, 0.2) is 6.04 Å². The van der Waals surface area contributed by atoms with Crippen molar-refractivity contribution in [3.63, 3.8) is 0 Å². The number of anilines is 1. The first kappa shape index (κ1) is 17.8. The van der Waals surface area contributed by atoms with Crippen LogP contribution in [0.2, 0.25) is 5.02 Å². The molecule has 1 amide bonds. The molecular weight excluding hydrogens is 336 g/mol. The predicted molar refractivity (Wildman–Crippen MR) is 90.2 cm³/mol. The molecule has 0 aliphatic heterocycles. The van der Waals surface area contributed by atoms with Gasteiger partial charge in [-0.25, -0.2) is 0 Å². The molecule has 0 aliphatic carbocycles. The minimum absolute atomic E-state index is 0.0304. The van der Waals surface area contributed by atoms with E-state index in [-0.39, 0.29) is 17.7 Å². The maximum Gasteiger partial charge on any atom is 0.277 e. The number of thioether (sulfide) groups is 1. The van der Waals surface area contributed by atoms with Gasteiger partial charge in [0.2, 0.25) is 5.91 Å². The fourth-order valence-corrected chi connectivity index (χ4v) is 2.76. The number of carbonyl (C=O) groups excluding carboxylic acids is 1. The summed E-state index contributed by atoms with van der Waals surface area (Å²) < 4.78 is 5.54. The molecule has 0 spiro atoms. The second-order valence-corrected chi connectivity index (χ2v) is 6.94. The Bertz CT molecular complexity index is 662. The summed E-state index contributed by atoms with van der Waals surface area (Å²) in [6.07, 6.45) is 0.877. The molecule has 4 N–H and O–H groups in total. The average Bonchev–Trinajstić information content (AvgIpc) is 2.93. The third kappa shape index (κ3) is 5.85. The van der Waals surface area contributed by atoms with Crippen LogP contribution in [0.4, 0.5) is 5.69 Å². The Hall–Kier alpha value is -1.57. The quantitative estimate of drug-likeness (QED) is 0.744. The summed E-state index contributed by atoms with van der Waals surface area (Å²) in [5.41, 5.74) is 4.68. The van der Waals surface area contributed by atoms with Gasteiger partial charge in [0, 0.05) is 17.1 Å². The number of rotatable bonds is 7. The van der Waals surface area contributed by atoms with E-state index in [9.17, 15) is 4.79 Å². The van der Waals surface area contributed by atoms with E-state index < -0.39 is 0 Å². The highest BCUT2D eigenvalue weighted by Gasteiger charge is 2.19. The van der Waals surface area contributed by atoms with Gasteiger partial charge < -0.3 is 15.5 Å². The van der Waals surface area contributed by atoms with Gasteiger partial charge in [0.25, 0.3) is 11.1 Å². The number of nitrogens with one attached hydrogen (secondary N) is 1. The largest absolute Gasteiger partial charge is 0.410 e. The van der Waals surface area contributed by atoms with E-state index in [0.29, 0.717) is 27.7 Å². The van der Waals surface area contributed by atoms with E-state index >= 15 is 0 Å². The fraction of sp³-hybridized carbons (Fsp3) is 0.400. The van der Waals surface area contributed by atoms with Gasteiger partial charge in [-0.05, 0) is 24.1 Å². The number of carbonyl (C=O) groups is 1. The number of hydrogen-bond donors (Lipinski definition) is 2. The SMILES string of the molecule is CC(C)CC([NH3+])c1nnc(SCC(=O)Nc2cccc(Cl)c2)o1. The molecule has 2 aromatic rings. The van der Waals surface area contributed by atoms with Crippen LogP contribution in [0.25, 0.3) is 0 Å². The van der Waals surface area contributed by atoms with Gasteiger partial charge >= 0.3 is 0 Å². The number of halogens is 1. The Morgan fingerprint density at radius 1 is 1.43 bits per heavy atom. The van der Waals surface area contributed by atoms with Crippen LogP contribution >= 0.6 is 23.4 Å². The Morgan fingerprint density at radius 3 is 2.91 bits per heavy atom. The Kier molecular flexibility index (Phi) is 6.44. The molecule has 1 aromatic heterocycles. The molecule has 6 nitrogen and oxygen atoms in total. The van der Waals surface area contributed by atoms with Crippen molar-refractivity contribution in [3.05, 3.63) is 35.2 Å². The van der Waals surface area contributed by atoms with E-state index in [0.717, 1.165) is 6.42 Å². The number of benzene rings is 1. The minimum Gasteiger partial charge on any atom is -0.410 e. The summed E-state index contributed by atoms with van der Waals surface area (Å²) in [5, 5.41) is 11.6. The van der Waals surface area contributed by atoms with Gasteiger partial charge in [-0.1, -0.05) is 43.3 Å². The van der Waals surface area contributed by atoms with Crippen molar-refractivity contribution in [2.45, 2.75) is 31.5 Å². The first-order chi connectivity index (χ1) is 10.9. The smallest absolute Gasteiger partial charge is 0.277 e. The third-order valence-electron chi connectivity index (χ3n) is 2.96. The minimum atomic E-state index is -0.162. The van der Waals surface area contributed by atoms with Crippen LogP contribution in [0.5, 0.6) is 0 Å². The van der Waals surface area contributed by atoms with Crippen molar-refractivity contribution in [3.8, 4) is 0 Å². The molecule has 1 aromatic carbocycles. The molecule has 0 radical (unpaired) electrons. The molecule has 0 saturated heterocycles. The molecule has 0 fully saturated rings. The van der Waals surface area contributed by atoms with Crippen molar-refractivity contribution in [1.82, 2.24) is 10.2 Å². The molecule has 8 heteroatoms. The van der Waals surface area contributed by atoms with Gasteiger partial charge in [-0.3, -0.25) is 4.79 Å². The first-order valence-corrected chi connectivity index (χ1v) is 8.65. The molecule has 23 heavy (non-hydrogen) atoms. The van der Waals surface area contributed by atoms with Crippen LogP contribution in [0.1, 0.15) is 32.2 Å². The Balaban J connectivity index is 1.84. The van der Waals surface area contributed by atoms with E-state index in [2.05, 4.69) is 35.1 Å². The van der Waals surface area contributed by atoms with Crippen LogP contribution in [-0.2, 0) is 4.79 Å². The maximum atomic E-state index is 11.9. The van der Waals surface area contributed by atoms with E-state index in [1.165, 1.54) is 11.8 Å². The highest BCUT2D eigenvalue weighted by atomic mass is 35.5. The Labute approximate surface area is 144 Å². The second kappa shape index (κ2) is 8.33. The maximum absolute atomic E-state index is 11.9. The molecule has 0 bridgehead atoms. The molecule has 2 rings (SSSR count). The summed E-state index contributed by atoms with van der Waals surface area (Å²) in [6.45, 7) is 4.23. The average molecular weight is 356 g/mol. The van der Waals surface area contributed by atoms with Crippen molar-refractivity contribution in [2.75, 3.05) is 11.1 Å². The zero-order valence-electron chi connectivity index (χ0n) is 13.1. The van der Waals surface area contributed by atoms with Crippen molar-refractivity contribution < 1.29 is 14.9 Å². The van der Waals surface area contributed by atoms with Crippen molar-refractivity contribution >= 4 is 35.0 Å². The third-order valence-corrected chi connectivity index (χ3v) is 4.02. The van der Waals surface area contributed by atoms with E-state index in [1.54, 1.807) is 24.3 Å². The lowest BCUT2D eigenvalue weighted by molar-refractivity contribution is -0.435. The highest BCUT2D eigenvalue weighted by Crippen LogP contribution is 2.22. The molecule has 1 heterocycles. The van der Waals surface area contributed by atoms with Crippen molar-refractivity contribution in [1.29, 1.82) is 0 Å². The summed E-state index contributed by atoms with van der Waals surface area (Å²) in [6, 6.07) is 6.96. The van der Waals surface area contributed by atoms with Crippen LogP contribution in [0.3, 0.4) is 0 Å². The number of amides is 1. The number of quaternary nitrogens is 1. The molecule has 1 unspecified atom stereocenters. The molecule has 0 saturated carbocycles. The van der Waals surface area contributed by atoms with Crippen molar-refractivity contribution in [2.24, 2.45) is 5.92 Å². The molecule has 1 atom stereocenters. The number of hydrogen-bond acceptors (Lipinski definition) is 5. The van der Waals surface area contributed by atoms with Gasteiger partial charge in [0.05, 0.1) is 5.75 Å². The monoisotopic (exact) mass is 355 g/mol. The lowest BCUT2D eigenvalue weighted by atomic mass is 10.1. The Morgan fingerprint density at radius 2 is 2.22 bits per heavy atom. The standard InChI is InChI=1S/C15H19ClN4O2S/c1-9(2)6-12(17)14-19-20-15(22-14)23-8-13(21)18-11-5-3-4-10(16)7-11/h3-5,7,9,12H,6,8,17H2,1-2H3,(H,18,21)/p+1. The van der Waals surface area contributed by atoms with Gasteiger partial charge in [-0.2, -0.15) is 0 Å². The predicted octanol–water partition coefficient (Wildman–Crippen LogP) is 2.78. The zero-order valence-corrected chi connectivity index (χ0v) is 14.7. The summed E-state index contributed by atoms with van der Waals surface area (Å²) in [7, 11) is 0. The summed E-state index contributed by atoms with van der Waals surface area (Å²) >= 11 is 7.07. The van der Waals surface area contributed by atoms with Gasteiger partial charge in [-0.15, -0.1) is 10.2 Å². The van der Waals surface area contributed by atoms with Gasteiger partial charge in [0.1, 0.15) is 0 Å². The fourth-order valence-electron chi connectivity index (χ4n) is 2.00. The van der Waals surface area contributed by atoms with Crippen LogP contribution in [0.15, 0.2) is 33.9 Å². The topological polar surface area (TPSA) is 95.7 Å². The molecule has 0 aliphatic rings. The summed E-state index contributed by atoms with van der Waals surface area (Å²) in [4.78, 5) is 11.9. The van der Waals surface area contributed by atoms with E-state index in [1.807, 2.05) is 0 Å². The molecular formula is C15H20ClN4O2S+. The second-order valence-electron chi connectivity index (χ2n) is 5.58. The number of aromatic nitrogens is 2. The molecule has 124 valence electrons. The highest BCUT2D eigenvalue weighted by molar-refractivity contribution is 7.99. The van der Waals surface area contributed by atoms with Crippen LogP contribution < -0.4 is 11.1 Å².